The van der Waals surface area contributed by atoms with Crippen LogP contribution in [0.3, 0.4) is 0 Å². The molecule has 0 aliphatic rings. The van der Waals surface area contributed by atoms with Crippen molar-refractivity contribution in [3.8, 4) is 0 Å². The van der Waals surface area contributed by atoms with Crippen LogP contribution in [0.15, 0.2) is 12.4 Å². The number of nitrogens with two attached hydrogens (primary N) is 1. The number of aryl methyl sites for hydroxylation is 1. The van der Waals surface area contributed by atoms with Crippen LogP contribution in [0.5, 0.6) is 0 Å². The fourth-order valence-corrected chi connectivity index (χ4v) is 1.92. The molecule has 8 heteroatoms. The van der Waals surface area contributed by atoms with E-state index >= 15 is 0 Å². The van der Waals surface area contributed by atoms with Gasteiger partial charge in [-0.05, 0) is 19.4 Å². The van der Waals surface area contributed by atoms with Gasteiger partial charge in [-0.2, -0.15) is 5.10 Å². The van der Waals surface area contributed by atoms with E-state index in [1.807, 2.05) is 13.8 Å². The van der Waals surface area contributed by atoms with Crippen LogP contribution < -0.4 is 11.1 Å². The average molecular weight is 277 g/mol. The van der Waals surface area contributed by atoms with Crippen LogP contribution in [-0.2, 0) is 6.54 Å². The molecule has 0 unspecified atom stereocenters. The summed E-state index contributed by atoms with van der Waals surface area (Å²) in [4.78, 5) is 0.318. The monoisotopic (exact) mass is 277 g/mol. The van der Waals surface area contributed by atoms with E-state index in [2.05, 4.69) is 25.8 Å². The van der Waals surface area contributed by atoms with Crippen LogP contribution >= 0.6 is 12.2 Å². The molecule has 0 saturated carbocycles. The highest BCUT2D eigenvalue weighted by atomic mass is 32.1. The van der Waals surface area contributed by atoms with E-state index < -0.39 is 0 Å². The zero-order valence-corrected chi connectivity index (χ0v) is 11.6. The van der Waals surface area contributed by atoms with E-state index in [4.69, 9.17) is 18.0 Å². The van der Waals surface area contributed by atoms with E-state index in [9.17, 15) is 0 Å². The normalized spacial score (nSPS) is 10.4. The van der Waals surface area contributed by atoms with Gasteiger partial charge in [0.25, 0.3) is 0 Å². The molecule has 100 valence electrons. The number of aromatic nitrogens is 5. The zero-order valence-electron chi connectivity index (χ0n) is 10.8. The lowest BCUT2D eigenvalue weighted by molar-refractivity contribution is 0.608. The van der Waals surface area contributed by atoms with Crippen LogP contribution in [0.1, 0.15) is 16.8 Å². The Kier molecular flexibility index (Phi) is 4.00. The molecule has 0 spiro atoms. The molecule has 0 amide bonds. The minimum absolute atomic E-state index is 0.318. The molecule has 3 N–H and O–H groups in total. The molecule has 2 aromatic rings. The third-order valence-corrected chi connectivity index (χ3v) is 3.01. The lowest BCUT2D eigenvalue weighted by Gasteiger charge is -2.12. The number of rotatable bonds is 5. The zero-order chi connectivity index (χ0) is 13.8. The van der Waals surface area contributed by atoms with Crippen molar-refractivity contribution in [2.75, 3.05) is 11.9 Å². The standard InChI is InChI=1S/C11H15N7S/c1-7-8(2)15-16-11(9(7)10(12)19)13-3-5-18-6-4-14-17-18/h4,6H,3,5H2,1-2H3,(H2,12,19)(H,13,16). The predicted octanol–water partition coefficient (Wildman–Crippen LogP) is 0.431. The van der Waals surface area contributed by atoms with Gasteiger partial charge in [-0.15, -0.1) is 10.2 Å². The van der Waals surface area contributed by atoms with Crippen molar-refractivity contribution in [1.82, 2.24) is 25.2 Å². The van der Waals surface area contributed by atoms with E-state index in [-0.39, 0.29) is 0 Å². The second-order valence-corrected chi connectivity index (χ2v) is 4.53. The molecule has 0 saturated heterocycles. The number of anilines is 1. The van der Waals surface area contributed by atoms with Crippen LogP contribution in [-0.4, -0.2) is 36.7 Å². The number of hydrogen-bond acceptors (Lipinski definition) is 6. The van der Waals surface area contributed by atoms with Crippen molar-refractivity contribution in [2.45, 2.75) is 20.4 Å². The van der Waals surface area contributed by atoms with E-state index in [0.717, 1.165) is 16.8 Å². The predicted molar refractivity (Wildman–Crippen MR) is 75.9 cm³/mol. The number of thiocarbonyl (C=S) groups is 1. The summed E-state index contributed by atoms with van der Waals surface area (Å²) in [6, 6.07) is 0. The minimum atomic E-state index is 0.318. The van der Waals surface area contributed by atoms with Crippen molar-refractivity contribution >= 4 is 23.0 Å². The van der Waals surface area contributed by atoms with Gasteiger partial charge in [0.2, 0.25) is 0 Å². The molecule has 0 aliphatic heterocycles. The summed E-state index contributed by atoms with van der Waals surface area (Å²) in [6.45, 7) is 5.12. The maximum atomic E-state index is 5.75. The molecule has 0 aliphatic carbocycles. The Morgan fingerprint density at radius 1 is 1.42 bits per heavy atom. The first-order chi connectivity index (χ1) is 9.09. The van der Waals surface area contributed by atoms with Gasteiger partial charge >= 0.3 is 0 Å². The third-order valence-electron chi connectivity index (χ3n) is 2.81. The lowest BCUT2D eigenvalue weighted by atomic mass is 10.1. The van der Waals surface area contributed by atoms with Gasteiger partial charge in [0.05, 0.1) is 24.0 Å². The molecule has 0 aromatic carbocycles. The van der Waals surface area contributed by atoms with Crippen molar-refractivity contribution in [3.05, 3.63) is 29.2 Å². The summed E-state index contributed by atoms with van der Waals surface area (Å²) >= 11 is 5.07. The second-order valence-electron chi connectivity index (χ2n) is 4.09. The highest BCUT2D eigenvalue weighted by molar-refractivity contribution is 7.80. The van der Waals surface area contributed by atoms with Gasteiger partial charge < -0.3 is 11.1 Å². The summed E-state index contributed by atoms with van der Waals surface area (Å²) in [5.41, 5.74) is 8.27. The molecule has 2 heterocycles. The van der Waals surface area contributed by atoms with Crippen molar-refractivity contribution < 1.29 is 0 Å². The summed E-state index contributed by atoms with van der Waals surface area (Å²) in [7, 11) is 0. The van der Waals surface area contributed by atoms with Gasteiger partial charge in [-0.25, -0.2) is 0 Å². The SMILES string of the molecule is Cc1nnc(NCCn2ccnn2)c(C(N)=S)c1C. The molecule has 2 rings (SSSR count). The van der Waals surface area contributed by atoms with Gasteiger partial charge in [0, 0.05) is 12.7 Å². The summed E-state index contributed by atoms with van der Waals surface area (Å²) in [5.74, 6) is 0.607. The van der Waals surface area contributed by atoms with E-state index in [1.54, 1.807) is 17.1 Å². The number of nitrogens with one attached hydrogen (secondary N) is 1. The Bertz CT molecular complexity index is 579. The van der Waals surface area contributed by atoms with E-state index in [1.165, 1.54) is 0 Å². The Hall–Kier alpha value is -2.09. The van der Waals surface area contributed by atoms with Crippen LogP contribution in [0.4, 0.5) is 5.82 Å². The smallest absolute Gasteiger partial charge is 0.159 e. The summed E-state index contributed by atoms with van der Waals surface area (Å²) < 4.78 is 1.72. The molecule has 19 heavy (non-hydrogen) atoms. The van der Waals surface area contributed by atoms with Gasteiger partial charge in [0.1, 0.15) is 4.99 Å². The fraction of sp³-hybridized carbons (Fsp3) is 0.364. The summed E-state index contributed by atoms with van der Waals surface area (Å²) in [6.07, 6.45) is 3.43. The van der Waals surface area contributed by atoms with Gasteiger partial charge in [0.15, 0.2) is 5.82 Å². The maximum Gasteiger partial charge on any atom is 0.159 e. The molecule has 0 bridgehead atoms. The van der Waals surface area contributed by atoms with Crippen molar-refractivity contribution in [3.63, 3.8) is 0 Å². The first kappa shape index (κ1) is 13.3. The van der Waals surface area contributed by atoms with Crippen LogP contribution in [0.25, 0.3) is 0 Å². The van der Waals surface area contributed by atoms with Gasteiger partial charge in [-0.3, -0.25) is 4.68 Å². The Balaban J connectivity index is 2.11. The van der Waals surface area contributed by atoms with Crippen LogP contribution in [0.2, 0.25) is 0 Å². The number of nitrogens with zero attached hydrogens (tertiary/aromatic N) is 5. The largest absolute Gasteiger partial charge is 0.389 e. The molecular formula is C11H15N7S. The molecule has 0 atom stereocenters. The quantitative estimate of drug-likeness (QED) is 0.765. The number of hydrogen-bond donors (Lipinski definition) is 2. The Morgan fingerprint density at radius 3 is 2.84 bits per heavy atom. The van der Waals surface area contributed by atoms with E-state index in [0.29, 0.717) is 23.9 Å². The molecule has 0 radical (unpaired) electrons. The minimum Gasteiger partial charge on any atom is -0.389 e. The average Bonchev–Trinajstić information content (AvgIpc) is 2.86. The first-order valence-corrected chi connectivity index (χ1v) is 6.22. The first-order valence-electron chi connectivity index (χ1n) is 5.81. The Morgan fingerprint density at radius 2 is 2.21 bits per heavy atom. The fourth-order valence-electron chi connectivity index (χ4n) is 1.67. The van der Waals surface area contributed by atoms with Crippen LogP contribution in [0, 0.1) is 13.8 Å². The van der Waals surface area contributed by atoms with Gasteiger partial charge in [-0.1, -0.05) is 17.4 Å². The van der Waals surface area contributed by atoms with Crippen molar-refractivity contribution in [1.29, 1.82) is 0 Å². The Labute approximate surface area is 116 Å². The molecule has 2 aromatic heterocycles. The lowest BCUT2D eigenvalue weighted by Crippen LogP contribution is -2.20. The highest BCUT2D eigenvalue weighted by Gasteiger charge is 2.13. The van der Waals surface area contributed by atoms with Crippen molar-refractivity contribution in [2.24, 2.45) is 5.73 Å². The summed E-state index contributed by atoms with van der Waals surface area (Å²) in [5, 5.41) is 19.0. The molecule has 0 fully saturated rings. The molecule has 7 nitrogen and oxygen atoms in total. The topological polar surface area (TPSA) is 94.5 Å². The second kappa shape index (κ2) is 5.70. The molecular weight excluding hydrogens is 262 g/mol. The maximum absolute atomic E-state index is 5.75. The third kappa shape index (κ3) is 3.02. The highest BCUT2D eigenvalue weighted by Crippen LogP contribution is 2.17.